The van der Waals surface area contributed by atoms with Crippen LogP contribution in [0, 0.1) is 10.1 Å². The Kier molecular flexibility index (Phi) is 4.56. The fourth-order valence-electron chi connectivity index (χ4n) is 4.15. The fourth-order valence-corrected chi connectivity index (χ4v) is 5.91. The Morgan fingerprint density at radius 2 is 2.06 bits per heavy atom. The molecule has 9 nitrogen and oxygen atoms in total. The molecular weight excluding hydrogens is 424 g/mol. The van der Waals surface area contributed by atoms with E-state index in [4.69, 9.17) is 9.47 Å². The third kappa shape index (κ3) is 3.57. The van der Waals surface area contributed by atoms with Gasteiger partial charge in [-0.25, -0.2) is 8.42 Å². The maximum absolute atomic E-state index is 12.9. The van der Waals surface area contributed by atoms with Crippen LogP contribution in [0.15, 0.2) is 42.2 Å². The number of fused-ring (bicyclic) bond motifs is 3. The van der Waals surface area contributed by atoms with Crippen molar-refractivity contribution in [2.45, 2.75) is 19.0 Å². The van der Waals surface area contributed by atoms with Crippen LogP contribution < -0.4 is 9.47 Å². The lowest BCUT2D eigenvalue weighted by atomic mass is 10.0. The summed E-state index contributed by atoms with van der Waals surface area (Å²) in [4.78, 5) is 25.3. The van der Waals surface area contributed by atoms with E-state index >= 15 is 0 Å². The normalized spacial score (nSPS) is 23.2. The number of benzene rings is 2. The van der Waals surface area contributed by atoms with E-state index in [1.807, 2.05) is 4.90 Å². The Balaban J connectivity index is 1.45. The van der Waals surface area contributed by atoms with Crippen molar-refractivity contribution in [2.24, 2.45) is 0 Å². The van der Waals surface area contributed by atoms with Gasteiger partial charge in [0.25, 0.3) is 5.69 Å². The Morgan fingerprint density at radius 3 is 2.81 bits per heavy atom. The van der Waals surface area contributed by atoms with E-state index in [9.17, 15) is 23.3 Å². The van der Waals surface area contributed by atoms with Crippen LogP contribution in [0.5, 0.6) is 11.5 Å². The summed E-state index contributed by atoms with van der Waals surface area (Å²) in [6.45, 7) is 0.687. The third-order valence-electron chi connectivity index (χ3n) is 5.75. The summed E-state index contributed by atoms with van der Waals surface area (Å²) < 4.78 is 35.4. The minimum Gasteiger partial charge on any atom is -0.478 e. The van der Waals surface area contributed by atoms with Gasteiger partial charge in [0.1, 0.15) is 18.2 Å². The zero-order chi connectivity index (χ0) is 21.8. The lowest BCUT2D eigenvalue weighted by Crippen LogP contribution is -2.41. The van der Waals surface area contributed by atoms with Gasteiger partial charge in [0.05, 0.1) is 27.6 Å². The molecule has 5 rings (SSSR count). The van der Waals surface area contributed by atoms with Crippen molar-refractivity contribution in [3.63, 3.8) is 0 Å². The van der Waals surface area contributed by atoms with Crippen molar-refractivity contribution in [1.82, 2.24) is 4.90 Å². The van der Waals surface area contributed by atoms with Gasteiger partial charge in [0, 0.05) is 24.7 Å². The molecule has 2 aromatic carbocycles. The molecule has 3 heterocycles. The van der Waals surface area contributed by atoms with Gasteiger partial charge in [-0.05, 0) is 30.2 Å². The highest BCUT2D eigenvalue weighted by Gasteiger charge is 2.38. The van der Waals surface area contributed by atoms with Crippen molar-refractivity contribution in [1.29, 1.82) is 0 Å². The Morgan fingerprint density at radius 1 is 1.23 bits per heavy atom. The molecule has 0 aliphatic carbocycles. The second-order valence-electron chi connectivity index (χ2n) is 7.79. The molecule has 31 heavy (non-hydrogen) atoms. The maximum Gasteiger partial charge on any atom is 0.270 e. The first-order valence-corrected chi connectivity index (χ1v) is 11.5. The predicted octanol–water partition coefficient (Wildman–Crippen LogP) is 2.55. The van der Waals surface area contributed by atoms with Crippen LogP contribution in [0.1, 0.15) is 27.9 Å². The highest BCUT2D eigenvalue weighted by molar-refractivity contribution is 7.91. The van der Waals surface area contributed by atoms with Gasteiger partial charge < -0.3 is 9.47 Å². The first-order chi connectivity index (χ1) is 14.8. The SMILES string of the molecule is O=C1/C(=C\c2cccc([N+](=O)[O-])c2)Oc2c1ccc1c2CN(C2CCS(=O)(=O)C2)CO1. The summed E-state index contributed by atoms with van der Waals surface area (Å²) in [5.41, 5.74) is 1.49. The van der Waals surface area contributed by atoms with Crippen LogP contribution >= 0.6 is 0 Å². The van der Waals surface area contributed by atoms with Crippen LogP contribution in [-0.2, 0) is 16.4 Å². The molecule has 160 valence electrons. The number of hydrogen-bond donors (Lipinski definition) is 0. The summed E-state index contributed by atoms with van der Waals surface area (Å²) in [6, 6.07) is 9.16. The lowest BCUT2D eigenvalue weighted by Gasteiger charge is -2.33. The van der Waals surface area contributed by atoms with Crippen molar-refractivity contribution < 1.29 is 27.6 Å². The highest BCUT2D eigenvalue weighted by Crippen LogP contribution is 2.42. The Bertz CT molecular complexity index is 1250. The quantitative estimate of drug-likeness (QED) is 0.405. The topological polar surface area (TPSA) is 116 Å². The number of allylic oxidation sites excluding steroid dienone is 1. The average Bonchev–Trinajstić information content (AvgIpc) is 3.27. The standard InChI is InChI=1S/C21H18N2O7S/c24-20-16-4-5-18-17(10-22(12-29-18)15-6-7-31(27,28)11-15)21(16)30-19(20)9-13-2-1-3-14(8-13)23(25)26/h1-5,8-9,15H,6-7,10-12H2/b19-9+. The average molecular weight is 442 g/mol. The molecule has 0 saturated carbocycles. The Hall–Kier alpha value is -3.24. The molecule has 2 aromatic rings. The molecular formula is C21H18N2O7S. The number of non-ortho nitro benzene ring substituents is 1. The number of Topliss-reactive ketones (excluding diaryl/α,β-unsaturated/α-hetero) is 1. The van der Waals surface area contributed by atoms with Crippen LogP contribution in [0.25, 0.3) is 6.08 Å². The van der Waals surface area contributed by atoms with Gasteiger partial charge in [-0.1, -0.05) is 12.1 Å². The van der Waals surface area contributed by atoms with Gasteiger partial charge in [0.2, 0.25) is 5.78 Å². The van der Waals surface area contributed by atoms with Crippen LogP contribution in [0.2, 0.25) is 0 Å². The molecule has 3 aliphatic heterocycles. The molecule has 3 aliphatic rings. The lowest BCUT2D eigenvalue weighted by molar-refractivity contribution is -0.384. The summed E-state index contributed by atoms with van der Waals surface area (Å²) in [5, 5.41) is 11.0. The first kappa shape index (κ1) is 19.7. The van der Waals surface area contributed by atoms with Gasteiger partial charge >= 0.3 is 0 Å². The van der Waals surface area contributed by atoms with Gasteiger partial charge in [0.15, 0.2) is 15.6 Å². The summed E-state index contributed by atoms with van der Waals surface area (Å²) in [7, 11) is -3.04. The number of sulfone groups is 1. The summed E-state index contributed by atoms with van der Waals surface area (Å²) in [6.07, 6.45) is 2.03. The van der Waals surface area contributed by atoms with Crippen LogP contribution in [-0.4, -0.2) is 48.3 Å². The molecule has 0 spiro atoms. The number of ketones is 1. The second-order valence-corrected chi connectivity index (χ2v) is 10.0. The molecule has 0 amide bonds. The molecule has 0 aromatic heterocycles. The number of carbonyl (C=O) groups is 1. The molecule has 1 atom stereocenters. The minimum atomic E-state index is -3.04. The van der Waals surface area contributed by atoms with E-state index in [1.54, 1.807) is 24.3 Å². The number of ether oxygens (including phenoxy) is 2. The number of carbonyl (C=O) groups excluding carboxylic acids is 1. The summed E-state index contributed by atoms with van der Waals surface area (Å²) >= 11 is 0. The van der Waals surface area contributed by atoms with E-state index in [0.29, 0.717) is 41.2 Å². The minimum absolute atomic E-state index is 0.0736. The second kappa shape index (κ2) is 7.17. The number of rotatable bonds is 3. The van der Waals surface area contributed by atoms with Gasteiger partial charge in [-0.15, -0.1) is 0 Å². The number of nitro groups is 1. The highest BCUT2D eigenvalue weighted by atomic mass is 32.2. The molecule has 0 radical (unpaired) electrons. The van der Waals surface area contributed by atoms with Crippen LogP contribution in [0.3, 0.4) is 0 Å². The smallest absolute Gasteiger partial charge is 0.270 e. The van der Waals surface area contributed by atoms with Gasteiger partial charge in [-0.3, -0.25) is 19.8 Å². The zero-order valence-corrected chi connectivity index (χ0v) is 17.1. The van der Waals surface area contributed by atoms with Gasteiger partial charge in [-0.2, -0.15) is 0 Å². The number of nitro benzene ring substituents is 1. The predicted molar refractivity (Wildman–Crippen MR) is 111 cm³/mol. The molecule has 10 heteroatoms. The Labute approximate surface area is 177 Å². The summed E-state index contributed by atoms with van der Waals surface area (Å²) in [5.74, 6) is 1.01. The van der Waals surface area contributed by atoms with Crippen molar-refractivity contribution in [3.8, 4) is 11.5 Å². The number of nitrogens with zero attached hydrogens (tertiary/aromatic N) is 2. The molecule has 0 bridgehead atoms. The van der Waals surface area contributed by atoms with E-state index in [1.165, 1.54) is 18.2 Å². The molecule has 1 unspecified atom stereocenters. The van der Waals surface area contributed by atoms with E-state index in [2.05, 4.69) is 0 Å². The third-order valence-corrected chi connectivity index (χ3v) is 7.50. The maximum atomic E-state index is 12.9. The largest absolute Gasteiger partial charge is 0.478 e. The van der Waals surface area contributed by atoms with Crippen molar-refractivity contribution in [2.75, 3.05) is 18.2 Å². The molecule has 1 saturated heterocycles. The van der Waals surface area contributed by atoms with Crippen LogP contribution in [0.4, 0.5) is 5.69 Å². The molecule has 1 fully saturated rings. The first-order valence-electron chi connectivity index (χ1n) is 9.72. The zero-order valence-electron chi connectivity index (χ0n) is 16.3. The van der Waals surface area contributed by atoms with E-state index < -0.39 is 14.8 Å². The molecule has 0 N–H and O–H groups in total. The van der Waals surface area contributed by atoms with E-state index in [0.717, 1.165) is 0 Å². The fraction of sp³-hybridized carbons (Fsp3) is 0.286. The number of hydrogen-bond acceptors (Lipinski definition) is 8. The van der Waals surface area contributed by atoms with Crippen molar-refractivity contribution >= 4 is 27.4 Å². The monoisotopic (exact) mass is 442 g/mol. The van der Waals surface area contributed by atoms with Crippen molar-refractivity contribution in [3.05, 3.63) is 69.0 Å². The van der Waals surface area contributed by atoms with E-state index in [-0.39, 0.29) is 41.5 Å².